The van der Waals surface area contributed by atoms with Crippen LogP contribution in [0.5, 0.6) is 0 Å². The number of nitrogens with one attached hydrogen (secondary N) is 1. The molecule has 5 rings (SSSR count). The van der Waals surface area contributed by atoms with Crippen LogP contribution in [0.15, 0.2) is 48.5 Å². The van der Waals surface area contributed by atoms with E-state index in [9.17, 15) is 14.4 Å². The Kier molecular flexibility index (Phi) is 6.24. The number of alkyl carbamates (subject to hydrolysis) is 1. The van der Waals surface area contributed by atoms with E-state index in [1.54, 1.807) is 4.90 Å². The first kappa shape index (κ1) is 22.4. The summed E-state index contributed by atoms with van der Waals surface area (Å²) in [6, 6.07) is 15.4. The zero-order valence-electron chi connectivity index (χ0n) is 19.0. The van der Waals surface area contributed by atoms with E-state index in [1.807, 2.05) is 36.4 Å². The summed E-state index contributed by atoms with van der Waals surface area (Å²) in [5, 5.41) is 11.8. The van der Waals surface area contributed by atoms with E-state index in [-0.39, 0.29) is 37.3 Å². The molecule has 34 heavy (non-hydrogen) atoms. The number of carboxylic acid groups (broad SMARTS) is 1. The summed E-state index contributed by atoms with van der Waals surface area (Å²) in [5.74, 6) is -1.31. The lowest BCUT2D eigenvalue weighted by Gasteiger charge is -2.36. The minimum absolute atomic E-state index is 0.0330. The Labute approximate surface area is 198 Å². The summed E-state index contributed by atoms with van der Waals surface area (Å²) >= 11 is 0. The van der Waals surface area contributed by atoms with Crippen LogP contribution in [-0.4, -0.2) is 77.7 Å². The Bertz CT molecular complexity index is 1060. The highest BCUT2D eigenvalue weighted by molar-refractivity contribution is 5.87. The number of nitrogens with zero attached hydrogens (tertiary/aromatic N) is 2. The molecule has 2 aliphatic heterocycles. The maximum absolute atomic E-state index is 13.3. The molecular weight excluding hydrogens is 434 g/mol. The third-order valence-electron chi connectivity index (χ3n) is 7.21. The normalized spacial score (nSPS) is 21.5. The van der Waals surface area contributed by atoms with Crippen LogP contribution >= 0.6 is 0 Å². The quantitative estimate of drug-likeness (QED) is 0.655. The molecule has 2 aromatic rings. The van der Waals surface area contributed by atoms with Gasteiger partial charge in [-0.1, -0.05) is 48.5 Å². The van der Waals surface area contributed by atoms with Crippen molar-refractivity contribution in [2.45, 2.75) is 37.3 Å². The molecule has 0 spiro atoms. The second-order valence-corrected chi connectivity index (χ2v) is 9.23. The number of aliphatic carboxylic acids is 1. The van der Waals surface area contributed by atoms with Gasteiger partial charge in [0, 0.05) is 44.6 Å². The average molecular weight is 464 g/mol. The lowest BCUT2D eigenvalue weighted by molar-refractivity contribution is -0.139. The van der Waals surface area contributed by atoms with Crippen molar-refractivity contribution in [3.05, 3.63) is 59.7 Å². The number of hydrogen-bond acceptors (Lipinski definition) is 5. The van der Waals surface area contributed by atoms with Gasteiger partial charge in [0.15, 0.2) is 0 Å². The van der Waals surface area contributed by atoms with Crippen LogP contribution in [0.4, 0.5) is 4.79 Å². The van der Waals surface area contributed by atoms with Crippen LogP contribution < -0.4 is 5.32 Å². The molecule has 2 N–H and O–H groups in total. The van der Waals surface area contributed by atoms with Gasteiger partial charge in [0.25, 0.3) is 0 Å². The number of fused-ring (bicyclic) bond motifs is 5. The first-order chi connectivity index (χ1) is 16.5. The number of carbonyl (C=O) groups excluding carboxylic acids is 2. The molecule has 0 radical (unpaired) electrons. The molecule has 2 heterocycles. The highest BCUT2D eigenvalue weighted by Crippen LogP contribution is 2.44. The van der Waals surface area contributed by atoms with Gasteiger partial charge in [0.05, 0.1) is 0 Å². The van der Waals surface area contributed by atoms with Crippen molar-refractivity contribution in [2.75, 3.05) is 32.8 Å². The minimum Gasteiger partial charge on any atom is -0.481 e. The molecule has 8 nitrogen and oxygen atoms in total. The number of piperazine rings is 1. The number of carbonyl (C=O) groups is 3. The summed E-state index contributed by atoms with van der Waals surface area (Å²) in [7, 11) is 0. The second kappa shape index (κ2) is 9.46. The Morgan fingerprint density at radius 3 is 2.35 bits per heavy atom. The molecule has 1 aliphatic carbocycles. The fraction of sp³-hybridized carbons (Fsp3) is 0.423. The van der Waals surface area contributed by atoms with Gasteiger partial charge in [0.1, 0.15) is 12.6 Å². The average Bonchev–Trinajstić information content (AvgIpc) is 3.37. The minimum atomic E-state index is -1.00. The van der Waals surface area contributed by atoms with Gasteiger partial charge in [-0.3, -0.25) is 14.5 Å². The van der Waals surface area contributed by atoms with Crippen molar-refractivity contribution in [2.24, 2.45) is 0 Å². The van der Waals surface area contributed by atoms with E-state index in [2.05, 4.69) is 22.3 Å². The van der Waals surface area contributed by atoms with Gasteiger partial charge in [-0.25, -0.2) is 4.79 Å². The Hall–Kier alpha value is -3.39. The fourth-order valence-corrected chi connectivity index (χ4v) is 5.50. The first-order valence-electron chi connectivity index (χ1n) is 11.9. The van der Waals surface area contributed by atoms with Crippen molar-refractivity contribution in [1.29, 1.82) is 0 Å². The molecule has 8 heteroatoms. The van der Waals surface area contributed by atoms with Crippen molar-refractivity contribution in [3.63, 3.8) is 0 Å². The standard InChI is InChI=1S/C26H29N3O5/c30-24(31)10-9-23(25(32)29-14-13-28-12-11-17(29)15-28)27-26(33)34-16-22-20-7-3-1-5-18(20)19-6-2-4-8-21(19)22/h1-8,17,22-23H,9-16H2,(H,27,33)(H,30,31). The van der Waals surface area contributed by atoms with Gasteiger partial charge in [-0.05, 0) is 35.1 Å². The summed E-state index contributed by atoms with van der Waals surface area (Å²) in [6.45, 7) is 3.34. The van der Waals surface area contributed by atoms with Crippen LogP contribution in [0.1, 0.15) is 36.3 Å². The van der Waals surface area contributed by atoms with Gasteiger partial charge in [-0.2, -0.15) is 0 Å². The van der Waals surface area contributed by atoms with Crippen molar-refractivity contribution < 1.29 is 24.2 Å². The van der Waals surface area contributed by atoms with E-state index < -0.39 is 18.1 Å². The predicted molar refractivity (Wildman–Crippen MR) is 125 cm³/mol. The van der Waals surface area contributed by atoms with Crippen LogP contribution in [-0.2, 0) is 14.3 Å². The van der Waals surface area contributed by atoms with Crippen LogP contribution in [0.2, 0.25) is 0 Å². The number of ether oxygens (including phenoxy) is 1. The Morgan fingerprint density at radius 2 is 1.68 bits per heavy atom. The molecule has 2 saturated heterocycles. The third kappa shape index (κ3) is 4.37. The molecule has 0 saturated carbocycles. The van der Waals surface area contributed by atoms with Gasteiger partial charge >= 0.3 is 12.1 Å². The highest BCUT2D eigenvalue weighted by Gasteiger charge is 2.38. The molecular formula is C26H29N3O5. The van der Waals surface area contributed by atoms with Gasteiger partial charge in [-0.15, -0.1) is 0 Å². The Morgan fingerprint density at radius 1 is 1.00 bits per heavy atom. The smallest absolute Gasteiger partial charge is 0.407 e. The number of benzene rings is 2. The van der Waals surface area contributed by atoms with Crippen molar-refractivity contribution in [3.8, 4) is 11.1 Å². The monoisotopic (exact) mass is 463 g/mol. The van der Waals surface area contributed by atoms with Crippen LogP contribution in [0, 0.1) is 0 Å². The molecule has 3 aliphatic rings. The predicted octanol–water partition coefficient (Wildman–Crippen LogP) is 2.68. The summed E-state index contributed by atoms with van der Waals surface area (Å²) in [5.41, 5.74) is 4.48. The lowest BCUT2D eigenvalue weighted by Crippen LogP contribution is -2.56. The summed E-state index contributed by atoms with van der Waals surface area (Å²) < 4.78 is 5.60. The molecule has 0 aromatic heterocycles. The Balaban J connectivity index is 1.26. The number of rotatable bonds is 7. The van der Waals surface area contributed by atoms with E-state index >= 15 is 0 Å². The molecule has 2 aromatic carbocycles. The molecule has 2 amide bonds. The first-order valence-corrected chi connectivity index (χ1v) is 11.9. The maximum Gasteiger partial charge on any atom is 0.407 e. The topological polar surface area (TPSA) is 99.2 Å². The van der Waals surface area contributed by atoms with Crippen LogP contribution in [0.25, 0.3) is 11.1 Å². The number of hydrogen-bond donors (Lipinski definition) is 2. The van der Waals surface area contributed by atoms with Crippen LogP contribution in [0.3, 0.4) is 0 Å². The number of amides is 2. The van der Waals surface area contributed by atoms with Crippen molar-refractivity contribution >= 4 is 18.0 Å². The molecule has 178 valence electrons. The molecule has 3 unspecified atom stereocenters. The second-order valence-electron chi connectivity index (χ2n) is 9.23. The van der Waals surface area contributed by atoms with Gasteiger partial charge in [0.2, 0.25) is 5.91 Å². The zero-order valence-corrected chi connectivity index (χ0v) is 19.0. The maximum atomic E-state index is 13.3. The molecule has 2 fully saturated rings. The van der Waals surface area contributed by atoms with E-state index in [0.29, 0.717) is 6.54 Å². The summed E-state index contributed by atoms with van der Waals surface area (Å²) in [6.07, 6.45) is 0.0360. The lowest BCUT2D eigenvalue weighted by atomic mass is 9.98. The highest BCUT2D eigenvalue weighted by atomic mass is 16.5. The third-order valence-corrected chi connectivity index (χ3v) is 7.21. The largest absolute Gasteiger partial charge is 0.481 e. The zero-order chi connectivity index (χ0) is 23.7. The van der Waals surface area contributed by atoms with E-state index in [4.69, 9.17) is 9.84 Å². The fourth-order valence-electron chi connectivity index (χ4n) is 5.50. The SMILES string of the molecule is O=C(O)CCC(NC(=O)OCC1c2ccccc2-c2ccccc21)C(=O)N1CCN2CCC1C2. The molecule has 2 bridgehead atoms. The van der Waals surface area contributed by atoms with E-state index in [0.717, 1.165) is 48.3 Å². The van der Waals surface area contributed by atoms with E-state index in [1.165, 1.54) is 0 Å². The van der Waals surface area contributed by atoms with Gasteiger partial charge < -0.3 is 20.1 Å². The van der Waals surface area contributed by atoms with Crippen molar-refractivity contribution in [1.82, 2.24) is 15.1 Å². The molecule has 3 atom stereocenters. The number of carboxylic acids is 1. The summed E-state index contributed by atoms with van der Waals surface area (Å²) in [4.78, 5) is 41.3.